The van der Waals surface area contributed by atoms with Gasteiger partial charge in [-0.25, -0.2) is 0 Å². The molecule has 1 aliphatic heterocycles. The van der Waals surface area contributed by atoms with Gasteiger partial charge in [0.15, 0.2) is 0 Å². The molecule has 2 heteroatoms. The fraction of sp³-hybridized carbons (Fsp3) is 0.0185. The molecule has 9 aromatic rings. The molecule has 0 fully saturated rings. The first-order valence-corrected chi connectivity index (χ1v) is 19.4. The highest BCUT2D eigenvalue weighted by Gasteiger charge is 2.25. The second kappa shape index (κ2) is 12.1. The van der Waals surface area contributed by atoms with E-state index in [0.29, 0.717) is 0 Å². The van der Waals surface area contributed by atoms with E-state index in [0.717, 1.165) is 12.1 Å². The van der Waals surface area contributed by atoms with Gasteiger partial charge in [-0.2, -0.15) is 0 Å². The maximum Gasteiger partial charge on any atom is 0.0334 e. The van der Waals surface area contributed by atoms with Crippen molar-refractivity contribution in [2.45, 2.75) is 0 Å². The lowest BCUT2D eigenvalue weighted by atomic mass is 9.87. The van der Waals surface area contributed by atoms with E-state index in [-0.39, 0.29) is 0 Å². The van der Waals surface area contributed by atoms with Gasteiger partial charge < -0.3 is 5.32 Å². The molecule has 2 aliphatic carbocycles. The molecule has 0 saturated carbocycles. The van der Waals surface area contributed by atoms with Crippen LogP contribution in [-0.2, 0) is 0 Å². The Kier molecular flexibility index (Phi) is 6.73. The molecule has 0 unspecified atom stereocenters. The van der Waals surface area contributed by atoms with Crippen molar-refractivity contribution >= 4 is 27.1 Å². The fourth-order valence-corrected chi connectivity index (χ4v) is 9.57. The highest BCUT2D eigenvalue weighted by Crippen LogP contribution is 2.52. The van der Waals surface area contributed by atoms with Gasteiger partial charge in [-0.3, -0.25) is 4.98 Å². The number of fused-ring (bicyclic) bond motifs is 6. The summed E-state index contributed by atoms with van der Waals surface area (Å²) in [6.45, 7) is 0.810. The predicted molar refractivity (Wildman–Crippen MR) is 235 cm³/mol. The molecule has 260 valence electrons. The zero-order valence-electron chi connectivity index (χ0n) is 30.6. The molecule has 3 aliphatic rings. The van der Waals surface area contributed by atoms with Crippen LogP contribution in [0.25, 0.3) is 116 Å². The van der Waals surface area contributed by atoms with Crippen molar-refractivity contribution in [3.63, 3.8) is 0 Å². The molecule has 12 rings (SSSR count). The zero-order chi connectivity index (χ0) is 36.7. The van der Waals surface area contributed by atoms with E-state index in [1.54, 1.807) is 0 Å². The minimum atomic E-state index is 0.810. The van der Waals surface area contributed by atoms with Gasteiger partial charge in [-0.05, 0) is 183 Å². The number of hydrogen-bond acceptors (Lipinski definition) is 2. The van der Waals surface area contributed by atoms with Crippen LogP contribution in [0.5, 0.6) is 0 Å². The number of nitrogens with zero attached hydrogens (tertiary/aromatic N) is 1. The van der Waals surface area contributed by atoms with Gasteiger partial charge in [0, 0.05) is 18.9 Å². The van der Waals surface area contributed by atoms with E-state index >= 15 is 0 Å². The number of hydrogen-bond donors (Lipinski definition) is 1. The summed E-state index contributed by atoms with van der Waals surface area (Å²) in [5.41, 5.74) is 22.5. The number of dihydropyridines is 1. The van der Waals surface area contributed by atoms with Crippen molar-refractivity contribution in [1.29, 1.82) is 0 Å². The highest BCUT2D eigenvalue weighted by atomic mass is 14.8. The smallest absolute Gasteiger partial charge is 0.0334 e. The second-order valence-corrected chi connectivity index (χ2v) is 15.1. The highest BCUT2D eigenvalue weighted by molar-refractivity contribution is 6.20. The largest absolute Gasteiger partial charge is 0.387 e. The monoisotopic (exact) mass is 710 g/mol. The fourth-order valence-electron chi connectivity index (χ4n) is 9.57. The van der Waals surface area contributed by atoms with Crippen molar-refractivity contribution in [2.24, 2.45) is 0 Å². The zero-order valence-corrected chi connectivity index (χ0v) is 30.6. The molecule has 0 radical (unpaired) electrons. The van der Waals surface area contributed by atoms with E-state index in [2.05, 4.69) is 186 Å². The van der Waals surface area contributed by atoms with Gasteiger partial charge in [-0.1, -0.05) is 115 Å². The van der Waals surface area contributed by atoms with Gasteiger partial charge in [0.25, 0.3) is 0 Å². The molecular formula is C54H34N2. The standard InChI is InChI=1S/C54H34N2/c1-3-9-45-43(7-1)49-13-5-11-47-41(15-17-51(45)53(47)49)39-30-38(37-28-35(33-19-23-55-24-20-33)27-36(29-37)34-21-25-56-26-22-34)31-40(32-39)42-16-18-52-46-10-4-2-8-44(46)50-14-6-12-48(42)54(50)52/h1-25,27-32,56H,26H2. The molecule has 0 spiro atoms. The van der Waals surface area contributed by atoms with E-state index in [9.17, 15) is 0 Å². The molecule has 0 bridgehead atoms. The lowest BCUT2D eigenvalue weighted by molar-refractivity contribution is 0.976. The third-order valence-electron chi connectivity index (χ3n) is 12.1. The van der Waals surface area contributed by atoms with Gasteiger partial charge in [-0.15, -0.1) is 0 Å². The minimum Gasteiger partial charge on any atom is -0.387 e. The summed E-state index contributed by atoms with van der Waals surface area (Å²) in [6.07, 6.45) is 10.3. The van der Waals surface area contributed by atoms with Crippen molar-refractivity contribution in [2.75, 3.05) is 6.54 Å². The summed E-state index contributed by atoms with van der Waals surface area (Å²) in [4.78, 5) is 4.33. The van der Waals surface area contributed by atoms with Crippen LogP contribution in [0.4, 0.5) is 0 Å². The van der Waals surface area contributed by atoms with Crippen molar-refractivity contribution in [3.8, 4) is 89.0 Å². The minimum absolute atomic E-state index is 0.810. The summed E-state index contributed by atoms with van der Waals surface area (Å²) in [6, 6.07) is 59.1. The Labute approximate surface area is 325 Å². The molecule has 2 heterocycles. The summed E-state index contributed by atoms with van der Waals surface area (Å²) in [7, 11) is 0. The average Bonchev–Trinajstić information content (AvgIpc) is 3.78. The molecule has 2 nitrogen and oxygen atoms in total. The Morgan fingerprint density at radius 1 is 0.357 bits per heavy atom. The molecule has 0 saturated heterocycles. The third-order valence-corrected chi connectivity index (χ3v) is 12.1. The first-order chi connectivity index (χ1) is 27.8. The molecule has 0 amide bonds. The second-order valence-electron chi connectivity index (χ2n) is 15.1. The van der Waals surface area contributed by atoms with E-state index < -0.39 is 0 Å². The maximum absolute atomic E-state index is 4.33. The maximum atomic E-state index is 4.33. The number of rotatable bonds is 5. The van der Waals surface area contributed by atoms with Crippen LogP contribution in [0.3, 0.4) is 0 Å². The normalized spacial score (nSPS) is 13.1. The van der Waals surface area contributed by atoms with Crippen molar-refractivity contribution in [1.82, 2.24) is 10.3 Å². The first-order valence-electron chi connectivity index (χ1n) is 19.4. The molecular weight excluding hydrogens is 677 g/mol. The van der Waals surface area contributed by atoms with Gasteiger partial charge in [0.2, 0.25) is 0 Å². The number of pyridine rings is 1. The number of allylic oxidation sites excluding steroid dienone is 2. The Morgan fingerprint density at radius 3 is 1.30 bits per heavy atom. The molecule has 1 aromatic heterocycles. The molecule has 1 N–H and O–H groups in total. The lowest BCUT2D eigenvalue weighted by Gasteiger charge is -2.17. The Balaban J connectivity index is 1.13. The van der Waals surface area contributed by atoms with E-state index in [1.165, 1.54) is 116 Å². The summed E-state index contributed by atoms with van der Waals surface area (Å²) in [5.74, 6) is 0. The first kappa shape index (κ1) is 31.1. The third kappa shape index (κ3) is 4.66. The van der Waals surface area contributed by atoms with E-state index in [4.69, 9.17) is 0 Å². The van der Waals surface area contributed by atoms with Crippen LogP contribution in [0, 0.1) is 0 Å². The average molecular weight is 711 g/mol. The summed E-state index contributed by atoms with van der Waals surface area (Å²) in [5, 5.41) is 8.58. The Morgan fingerprint density at radius 2 is 0.786 bits per heavy atom. The number of aromatic nitrogens is 1. The Hall–Kier alpha value is -7.29. The predicted octanol–water partition coefficient (Wildman–Crippen LogP) is 13.9. The quantitative estimate of drug-likeness (QED) is 0.192. The van der Waals surface area contributed by atoms with Crippen LogP contribution in [0.2, 0.25) is 0 Å². The van der Waals surface area contributed by atoms with Crippen LogP contribution in [0.1, 0.15) is 5.56 Å². The number of nitrogens with one attached hydrogen (secondary N) is 1. The van der Waals surface area contributed by atoms with Gasteiger partial charge >= 0.3 is 0 Å². The summed E-state index contributed by atoms with van der Waals surface area (Å²) < 4.78 is 0. The SMILES string of the molecule is C1=CC(c2cc(-c3ccncc3)cc(-c3cc(-c4ccc5c6c(cccc46)-c4ccccc4-5)cc(-c4ccc5c6c(cccc46)-c4ccccc4-5)c3)c2)=CCN1. The number of benzene rings is 8. The van der Waals surface area contributed by atoms with Crippen LogP contribution >= 0.6 is 0 Å². The van der Waals surface area contributed by atoms with Crippen LogP contribution < -0.4 is 5.32 Å². The van der Waals surface area contributed by atoms with E-state index in [1.807, 2.05) is 12.4 Å². The van der Waals surface area contributed by atoms with Crippen LogP contribution in [-0.4, -0.2) is 11.5 Å². The molecule has 8 aromatic carbocycles. The Bertz CT molecular complexity index is 2970. The van der Waals surface area contributed by atoms with Gasteiger partial charge in [0.05, 0.1) is 0 Å². The summed E-state index contributed by atoms with van der Waals surface area (Å²) >= 11 is 0. The molecule has 56 heavy (non-hydrogen) atoms. The lowest BCUT2D eigenvalue weighted by Crippen LogP contribution is -2.08. The topological polar surface area (TPSA) is 24.9 Å². The molecule has 0 atom stereocenters. The van der Waals surface area contributed by atoms with Gasteiger partial charge in [0.1, 0.15) is 0 Å². The van der Waals surface area contributed by atoms with Crippen molar-refractivity contribution < 1.29 is 0 Å². The van der Waals surface area contributed by atoms with Crippen LogP contribution in [0.15, 0.2) is 188 Å². The van der Waals surface area contributed by atoms with Crippen molar-refractivity contribution in [3.05, 3.63) is 194 Å².